The maximum atomic E-state index is 12.2. The summed E-state index contributed by atoms with van der Waals surface area (Å²) >= 11 is 3.26. The first kappa shape index (κ1) is 18.7. The average molecular weight is 406 g/mol. The van der Waals surface area contributed by atoms with Crippen LogP contribution in [0.25, 0.3) is 0 Å². The summed E-state index contributed by atoms with van der Waals surface area (Å²) in [5.74, 6) is -1.69. The number of aliphatic carboxylic acids is 1. The molecule has 130 valence electrons. The third-order valence-electron chi connectivity index (χ3n) is 3.36. The number of carboxylic acids is 1. The van der Waals surface area contributed by atoms with E-state index in [-0.39, 0.29) is 18.8 Å². The van der Waals surface area contributed by atoms with Gasteiger partial charge in [0.15, 0.2) is 5.78 Å². The molecular weight excluding hydrogens is 390 g/mol. The highest BCUT2D eigenvalue weighted by atomic mass is 79.9. The van der Waals surface area contributed by atoms with Crippen LogP contribution in [0.3, 0.4) is 0 Å². The fraction of sp³-hybridized carbons (Fsp3) is 0.167. The summed E-state index contributed by atoms with van der Waals surface area (Å²) in [6, 6.07) is 14.2. The Labute approximate surface area is 152 Å². The highest BCUT2D eigenvalue weighted by molar-refractivity contribution is 9.10. The van der Waals surface area contributed by atoms with Gasteiger partial charge in [0.05, 0.1) is 0 Å². The number of hydrogen-bond acceptors (Lipinski definition) is 4. The largest absolute Gasteiger partial charge is 0.480 e. The van der Waals surface area contributed by atoms with E-state index in [1.165, 1.54) is 0 Å². The predicted octanol–water partition coefficient (Wildman–Crippen LogP) is 3.40. The molecule has 0 aromatic heterocycles. The van der Waals surface area contributed by atoms with Gasteiger partial charge < -0.3 is 15.2 Å². The quantitative estimate of drug-likeness (QED) is 0.688. The van der Waals surface area contributed by atoms with Gasteiger partial charge in [0.25, 0.3) is 0 Å². The molecule has 0 fully saturated rings. The van der Waals surface area contributed by atoms with E-state index in [0.717, 1.165) is 10.0 Å². The number of alkyl carbamates (subject to hydrolysis) is 1. The highest BCUT2D eigenvalue weighted by Gasteiger charge is 2.24. The van der Waals surface area contributed by atoms with Crippen LogP contribution in [-0.2, 0) is 16.1 Å². The zero-order valence-corrected chi connectivity index (χ0v) is 14.7. The summed E-state index contributed by atoms with van der Waals surface area (Å²) in [6.07, 6.45) is -1.25. The number of nitrogens with one attached hydrogen (secondary N) is 1. The van der Waals surface area contributed by atoms with E-state index in [9.17, 15) is 19.5 Å². The zero-order chi connectivity index (χ0) is 18.2. The van der Waals surface area contributed by atoms with E-state index in [0.29, 0.717) is 5.56 Å². The fourth-order valence-electron chi connectivity index (χ4n) is 2.05. The van der Waals surface area contributed by atoms with Crippen LogP contribution in [0, 0.1) is 0 Å². The minimum Gasteiger partial charge on any atom is -0.480 e. The van der Waals surface area contributed by atoms with E-state index in [4.69, 9.17) is 4.74 Å². The maximum Gasteiger partial charge on any atom is 0.408 e. The maximum absolute atomic E-state index is 12.2. The van der Waals surface area contributed by atoms with Crippen molar-refractivity contribution in [3.8, 4) is 0 Å². The number of carboxylic acid groups (broad SMARTS) is 1. The summed E-state index contributed by atoms with van der Waals surface area (Å²) in [5, 5.41) is 11.4. The summed E-state index contributed by atoms with van der Waals surface area (Å²) in [5.41, 5.74) is 1.14. The molecule has 0 spiro atoms. The van der Waals surface area contributed by atoms with Crippen molar-refractivity contribution in [2.24, 2.45) is 0 Å². The van der Waals surface area contributed by atoms with Gasteiger partial charge in [-0.25, -0.2) is 9.59 Å². The van der Waals surface area contributed by atoms with Crippen LogP contribution < -0.4 is 5.32 Å². The number of ketones is 1. The Bertz CT molecular complexity index is 746. The van der Waals surface area contributed by atoms with Crippen molar-refractivity contribution in [3.05, 3.63) is 70.2 Å². The number of hydrogen-bond donors (Lipinski definition) is 2. The minimum absolute atomic E-state index is 0.0136. The Kier molecular flexibility index (Phi) is 6.71. The molecule has 2 N–H and O–H groups in total. The summed E-state index contributed by atoms with van der Waals surface area (Å²) in [7, 11) is 0. The molecular formula is C18H16BrNO5. The summed E-state index contributed by atoms with van der Waals surface area (Å²) in [6.45, 7) is 0.0136. The predicted molar refractivity (Wildman–Crippen MR) is 94.3 cm³/mol. The molecule has 2 aromatic carbocycles. The molecule has 0 aliphatic heterocycles. The van der Waals surface area contributed by atoms with Crippen LogP contribution in [0.4, 0.5) is 4.79 Å². The van der Waals surface area contributed by atoms with Crippen molar-refractivity contribution >= 4 is 33.8 Å². The number of carbonyl (C=O) groups is 3. The molecule has 0 aliphatic rings. The number of carbonyl (C=O) groups excluding carboxylic acids is 2. The van der Waals surface area contributed by atoms with Gasteiger partial charge in [-0.3, -0.25) is 4.79 Å². The minimum atomic E-state index is -1.36. The van der Waals surface area contributed by atoms with Gasteiger partial charge in [0, 0.05) is 16.5 Å². The van der Waals surface area contributed by atoms with Crippen LogP contribution >= 0.6 is 15.9 Å². The SMILES string of the molecule is O=C(NC(CC(=O)c1ccc(Br)cc1)C(=O)O)OCc1ccccc1. The molecule has 0 radical (unpaired) electrons. The molecule has 0 heterocycles. The third-order valence-corrected chi connectivity index (χ3v) is 3.89. The van der Waals surface area contributed by atoms with Crippen LogP contribution in [0.15, 0.2) is 59.1 Å². The van der Waals surface area contributed by atoms with E-state index in [2.05, 4.69) is 21.2 Å². The van der Waals surface area contributed by atoms with Crippen molar-refractivity contribution in [1.82, 2.24) is 5.32 Å². The first-order chi connectivity index (χ1) is 12.0. The second kappa shape index (κ2) is 8.98. The first-order valence-electron chi connectivity index (χ1n) is 7.44. The van der Waals surface area contributed by atoms with Gasteiger partial charge in [-0.1, -0.05) is 58.4 Å². The molecule has 0 saturated carbocycles. The van der Waals surface area contributed by atoms with Crippen molar-refractivity contribution in [2.75, 3.05) is 0 Å². The molecule has 0 aliphatic carbocycles. The molecule has 0 bridgehead atoms. The second-order valence-corrected chi connectivity index (χ2v) is 6.15. The van der Waals surface area contributed by atoms with E-state index in [1.54, 1.807) is 48.5 Å². The van der Waals surface area contributed by atoms with Gasteiger partial charge in [0.2, 0.25) is 0 Å². The molecule has 7 heteroatoms. The lowest BCUT2D eigenvalue weighted by molar-refractivity contribution is -0.139. The molecule has 1 atom stereocenters. The van der Waals surface area contributed by atoms with Crippen LogP contribution in [0.5, 0.6) is 0 Å². The topological polar surface area (TPSA) is 92.7 Å². The normalized spacial score (nSPS) is 11.4. The molecule has 1 unspecified atom stereocenters. The summed E-state index contributed by atoms with van der Waals surface area (Å²) < 4.78 is 5.79. The van der Waals surface area contributed by atoms with Crippen LogP contribution in [0.2, 0.25) is 0 Å². The van der Waals surface area contributed by atoms with Crippen molar-refractivity contribution in [1.29, 1.82) is 0 Å². The fourth-order valence-corrected chi connectivity index (χ4v) is 2.31. The van der Waals surface area contributed by atoms with Gasteiger partial charge in [0.1, 0.15) is 12.6 Å². The van der Waals surface area contributed by atoms with Crippen LogP contribution in [0.1, 0.15) is 22.3 Å². The molecule has 6 nitrogen and oxygen atoms in total. The van der Waals surface area contributed by atoms with E-state index in [1.807, 2.05) is 6.07 Å². The second-order valence-electron chi connectivity index (χ2n) is 5.23. The van der Waals surface area contributed by atoms with Crippen molar-refractivity contribution < 1.29 is 24.2 Å². The van der Waals surface area contributed by atoms with Gasteiger partial charge in [-0.15, -0.1) is 0 Å². The Balaban J connectivity index is 1.91. The smallest absolute Gasteiger partial charge is 0.408 e. The number of rotatable bonds is 7. The Hall–Kier alpha value is -2.67. The van der Waals surface area contributed by atoms with Crippen molar-refractivity contribution in [3.63, 3.8) is 0 Å². The Morgan fingerprint density at radius 2 is 1.68 bits per heavy atom. The standard InChI is InChI=1S/C18H16BrNO5/c19-14-8-6-13(7-9-14)16(21)10-15(17(22)23)20-18(24)25-11-12-4-2-1-3-5-12/h1-9,15H,10-11H2,(H,20,24)(H,22,23). The van der Waals surface area contributed by atoms with Crippen molar-refractivity contribution in [2.45, 2.75) is 19.1 Å². The third kappa shape index (κ3) is 6.04. The Morgan fingerprint density at radius 3 is 2.28 bits per heavy atom. The van der Waals surface area contributed by atoms with Crippen LogP contribution in [-0.4, -0.2) is 29.0 Å². The average Bonchev–Trinajstić information content (AvgIpc) is 2.60. The number of Topliss-reactive ketones (excluding diaryl/α,β-unsaturated/α-hetero) is 1. The Morgan fingerprint density at radius 1 is 1.04 bits per heavy atom. The molecule has 2 rings (SSSR count). The van der Waals surface area contributed by atoms with E-state index < -0.39 is 18.1 Å². The van der Waals surface area contributed by atoms with Gasteiger partial charge in [-0.05, 0) is 17.7 Å². The lowest BCUT2D eigenvalue weighted by atomic mass is 10.0. The lowest BCUT2D eigenvalue weighted by Crippen LogP contribution is -2.42. The number of ether oxygens (including phenoxy) is 1. The zero-order valence-electron chi connectivity index (χ0n) is 13.1. The van der Waals surface area contributed by atoms with Gasteiger partial charge >= 0.3 is 12.1 Å². The molecule has 2 aromatic rings. The highest BCUT2D eigenvalue weighted by Crippen LogP contribution is 2.13. The number of halogens is 1. The molecule has 25 heavy (non-hydrogen) atoms. The number of amides is 1. The lowest BCUT2D eigenvalue weighted by Gasteiger charge is -2.14. The number of benzene rings is 2. The monoisotopic (exact) mass is 405 g/mol. The molecule has 0 saturated heterocycles. The van der Waals surface area contributed by atoms with Gasteiger partial charge in [-0.2, -0.15) is 0 Å². The first-order valence-corrected chi connectivity index (χ1v) is 8.24. The summed E-state index contributed by atoms with van der Waals surface area (Å²) in [4.78, 5) is 35.2. The van der Waals surface area contributed by atoms with E-state index >= 15 is 0 Å². The molecule has 1 amide bonds.